The second-order valence-corrected chi connectivity index (χ2v) is 5.04. The molecule has 0 saturated carbocycles. The van der Waals surface area contributed by atoms with E-state index < -0.39 is 12.1 Å². The molecule has 5 nitrogen and oxygen atoms in total. The van der Waals surface area contributed by atoms with E-state index >= 15 is 0 Å². The quantitative estimate of drug-likeness (QED) is 0.804. The van der Waals surface area contributed by atoms with Gasteiger partial charge in [-0.25, -0.2) is 4.79 Å². The van der Waals surface area contributed by atoms with E-state index in [2.05, 4.69) is 5.32 Å². The number of alkyl carbamates (subject to hydrolysis) is 1. The SMILES string of the molecule is CC(C)C(CNC(=O)OCc1ccccc1)CC(=O)O. The van der Waals surface area contributed by atoms with Crippen LogP contribution in [0, 0.1) is 11.8 Å². The molecule has 0 aliphatic carbocycles. The van der Waals surface area contributed by atoms with Gasteiger partial charge in [-0.1, -0.05) is 44.2 Å². The van der Waals surface area contributed by atoms with Crippen molar-refractivity contribution in [3.05, 3.63) is 35.9 Å². The van der Waals surface area contributed by atoms with E-state index in [1.165, 1.54) is 0 Å². The Labute approximate surface area is 118 Å². The van der Waals surface area contributed by atoms with Gasteiger partial charge in [-0.05, 0) is 17.4 Å². The van der Waals surface area contributed by atoms with Crippen molar-refractivity contribution < 1.29 is 19.4 Å². The van der Waals surface area contributed by atoms with Crippen LogP contribution in [0.4, 0.5) is 4.79 Å². The molecule has 20 heavy (non-hydrogen) atoms. The predicted molar refractivity (Wildman–Crippen MR) is 75.2 cm³/mol. The third kappa shape index (κ3) is 6.22. The van der Waals surface area contributed by atoms with Crippen LogP contribution in [0.5, 0.6) is 0 Å². The van der Waals surface area contributed by atoms with Crippen LogP contribution >= 0.6 is 0 Å². The first-order valence-electron chi connectivity index (χ1n) is 6.65. The minimum atomic E-state index is -0.858. The summed E-state index contributed by atoms with van der Waals surface area (Å²) < 4.78 is 5.07. The van der Waals surface area contributed by atoms with Crippen LogP contribution in [-0.2, 0) is 16.1 Å². The number of aliphatic carboxylic acids is 1. The third-order valence-electron chi connectivity index (χ3n) is 3.10. The fourth-order valence-corrected chi connectivity index (χ4v) is 1.76. The Kier molecular flexibility index (Phi) is 6.56. The fraction of sp³-hybridized carbons (Fsp3) is 0.467. The lowest BCUT2D eigenvalue weighted by Gasteiger charge is -2.19. The van der Waals surface area contributed by atoms with Gasteiger partial charge in [0.05, 0.1) is 6.42 Å². The summed E-state index contributed by atoms with van der Waals surface area (Å²) in [5.41, 5.74) is 0.911. The Morgan fingerprint density at radius 3 is 2.45 bits per heavy atom. The highest BCUT2D eigenvalue weighted by molar-refractivity contribution is 5.68. The molecule has 1 aromatic carbocycles. The van der Waals surface area contributed by atoms with E-state index in [4.69, 9.17) is 9.84 Å². The summed E-state index contributed by atoms with van der Waals surface area (Å²) in [6, 6.07) is 9.38. The van der Waals surface area contributed by atoms with E-state index in [-0.39, 0.29) is 24.9 Å². The molecule has 2 N–H and O–H groups in total. The summed E-state index contributed by atoms with van der Waals surface area (Å²) in [6.45, 7) is 4.38. The Balaban J connectivity index is 2.32. The van der Waals surface area contributed by atoms with Gasteiger partial charge in [-0.15, -0.1) is 0 Å². The first-order valence-corrected chi connectivity index (χ1v) is 6.65. The van der Waals surface area contributed by atoms with Crippen molar-refractivity contribution in [2.75, 3.05) is 6.54 Å². The summed E-state index contributed by atoms with van der Waals surface area (Å²) in [5.74, 6) is -0.777. The van der Waals surface area contributed by atoms with Crippen molar-refractivity contribution in [2.45, 2.75) is 26.9 Å². The molecule has 5 heteroatoms. The largest absolute Gasteiger partial charge is 0.481 e. The van der Waals surface area contributed by atoms with E-state index in [9.17, 15) is 9.59 Å². The van der Waals surface area contributed by atoms with Gasteiger partial charge in [0.15, 0.2) is 0 Å². The van der Waals surface area contributed by atoms with Crippen molar-refractivity contribution in [3.8, 4) is 0 Å². The van der Waals surface area contributed by atoms with Gasteiger partial charge >= 0.3 is 12.1 Å². The number of nitrogens with one attached hydrogen (secondary N) is 1. The first-order chi connectivity index (χ1) is 9.49. The molecular formula is C15H21NO4. The number of benzene rings is 1. The molecule has 0 aliphatic heterocycles. The number of amides is 1. The number of carbonyl (C=O) groups is 2. The van der Waals surface area contributed by atoms with Gasteiger partial charge in [0.25, 0.3) is 0 Å². The van der Waals surface area contributed by atoms with E-state index in [0.29, 0.717) is 6.54 Å². The maximum Gasteiger partial charge on any atom is 0.407 e. The molecule has 110 valence electrons. The van der Waals surface area contributed by atoms with Crippen LogP contribution in [0.25, 0.3) is 0 Å². The Hall–Kier alpha value is -2.04. The molecule has 1 atom stereocenters. The molecule has 1 amide bonds. The lowest BCUT2D eigenvalue weighted by atomic mass is 9.92. The number of hydrogen-bond acceptors (Lipinski definition) is 3. The van der Waals surface area contributed by atoms with Crippen molar-refractivity contribution in [1.29, 1.82) is 0 Å². The maximum atomic E-state index is 11.5. The topological polar surface area (TPSA) is 75.6 Å². The van der Waals surface area contributed by atoms with Crippen molar-refractivity contribution in [1.82, 2.24) is 5.32 Å². The van der Waals surface area contributed by atoms with Crippen LogP contribution in [0.15, 0.2) is 30.3 Å². The molecule has 0 heterocycles. The standard InChI is InChI=1S/C15H21NO4/c1-11(2)13(8-14(17)18)9-16-15(19)20-10-12-6-4-3-5-7-12/h3-7,11,13H,8-10H2,1-2H3,(H,16,19)(H,17,18). The van der Waals surface area contributed by atoms with Gasteiger partial charge in [0, 0.05) is 6.54 Å². The second-order valence-electron chi connectivity index (χ2n) is 5.04. The smallest absolute Gasteiger partial charge is 0.407 e. The zero-order valence-electron chi connectivity index (χ0n) is 11.8. The molecule has 0 fully saturated rings. The summed E-state index contributed by atoms with van der Waals surface area (Å²) >= 11 is 0. The Bertz CT molecular complexity index is 431. The van der Waals surface area contributed by atoms with E-state index in [1.54, 1.807) is 0 Å². The fourth-order valence-electron chi connectivity index (χ4n) is 1.76. The molecule has 1 unspecified atom stereocenters. The van der Waals surface area contributed by atoms with Crippen LogP contribution < -0.4 is 5.32 Å². The average Bonchev–Trinajstić information content (AvgIpc) is 2.41. The highest BCUT2D eigenvalue weighted by Gasteiger charge is 2.18. The molecule has 1 rings (SSSR count). The van der Waals surface area contributed by atoms with Gasteiger partial charge in [-0.3, -0.25) is 4.79 Å². The molecular weight excluding hydrogens is 258 g/mol. The van der Waals surface area contributed by atoms with Crippen LogP contribution in [0.2, 0.25) is 0 Å². The van der Waals surface area contributed by atoms with Gasteiger partial charge < -0.3 is 15.2 Å². The molecule has 1 aromatic rings. The lowest BCUT2D eigenvalue weighted by Crippen LogP contribution is -2.33. The number of carboxylic acid groups (broad SMARTS) is 1. The van der Waals surface area contributed by atoms with Crippen LogP contribution in [0.3, 0.4) is 0 Å². The summed E-state index contributed by atoms with van der Waals surface area (Å²) in [7, 11) is 0. The van der Waals surface area contributed by atoms with Crippen LogP contribution in [0.1, 0.15) is 25.8 Å². The Morgan fingerprint density at radius 1 is 1.25 bits per heavy atom. The summed E-state index contributed by atoms with van der Waals surface area (Å²) in [6.07, 6.45) is -0.485. The lowest BCUT2D eigenvalue weighted by molar-refractivity contribution is -0.138. The molecule has 0 spiro atoms. The number of carbonyl (C=O) groups excluding carboxylic acids is 1. The first kappa shape index (κ1) is 16.0. The van der Waals surface area contributed by atoms with Gasteiger partial charge in [0.1, 0.15) is 6.61 Å². The highest BCUT2D eigenvalue weighted by atomic mass is 16.5. The minimum absolute atomic E-state index is 0.0383. The number of carboxylic acids is 1. The van der Waals surface area contributed by atoms with E-state index in [0.717, 1.165) is 5.56 Å². The van der Waals surface area contributed by atoms with Gasteiger partial charge in [-0.2, -0.15) is 0 Å². The Morgan fingerprint density at radius 2 is 1.90 bits per heavy atom. The summed E-state index contributed by atoms with van der Waals surface area (Å²) in [4.78, 5) is 22.3. The minimum Gasteiger partial charge on any atom is -0.481 e. The van der Waals surface area contributed by atoms with Crippen molar-refractivity contribution in [3.63, 3.8) is 0 Å². The number of rotatable bonds is 7. The zero-order chi connectivity index (χ0) is 15.0. The van der Waals surface area contributed by atoms with Crippen LogP contribution in [-0.4, -0.2) is 23.7 Å². The maximum absolute atomic E-state index is 11.5. The summed E-state index contributed by atoms with van der Waals surface area (Å²) in [5, 5.41) is 11.4. The molecule has 0 bridgehead atoms. The highest BCUT2D eigenvalue weighted by Crippen LogP contribution is 2.14. The van der Waals surface area contributed by atoms with Crippen molar-refractivity contribution >= 4 is 12.1 Å². The average molecular weight is 279 g/mol. The number of ether oxygens (including phenoxy) is 1. The van der Waals surface area contributed by atoms with Gasteiger partial charge in [0.2, 0.25) is 0 Å². The number of hydrogen-bond donors (Lipinski definition) is 2. The molecule has 0 radical (unpaired) electrons. The predicted octanol–water partition coefficient (Wildman–Crippen LogP) is 2.66. The zero-order valence-corrected chi connectivity index (χ0v) is 11.8. The second kappa shape index (κ2) is 8.19. The molecule has 0 aliphatic rings. The van der Waals surface area contributed by atoms with E-state index in [1.807, 2.05) is 44.2 Å². The monoisotopic (exact) mass is 279 g/mol. The third-order valence-corrected chi connectivity index (χ3v) is 3.10. The normalized spacial score (nSPS) is 11.9. The van der Waals surface area contributed by atoms with Crippen molar-refractivity contribution in [2.24, 2.45) is 11.8 Å². The molecule has 0 saturated heterocycles. The molecule has 0 aromatic heterocycles.